The Morgan fingerprint density at radius 3 is 2.04 bits per heavy atom. The lowest BCUT2D eigenvalue weighted by Gasteiger charge is -2.37. The minimum absolute atomic E-state index is 0.0598. The molecule has 6 aromatic carbocycles. The molecule has 2 unspecified atom stereocenters. The second kappa shape index (κ2) is 10.7. The van der Waals surface area contributed by atoms with Gasteiger partial charge in [0.25, 0.3) is 0 Å². The van der Waals surface area contributed by atoms with E-state index in [1.165, 1.54) is 22.3 Å². The predicted octanol–water partition coefficient (Wildman–Crippen LogP) is 10.6. The monoisotopic (exact) mass is 617 g/mol. The van der Waals surface area contributed by atoms with E-state index in [1.54, 1.807) is 0 Å². The van der Waals surface area contributed by atoms with Gasteiger partial charge >= 0.3 is 0 Å². The zero-order valence-electron chi connectivity index (χ0n) is 26.1. The Morgan fingerprint density at radius 1 is 0.542 bits per heavy atom. The number of hydrogen-bond acceptors (Lipinski definition) is 3. The molecule has 0 amide bonds. The van der Waals surface area contributed by atoms with Crippen molar-refractivity contribution in [3.8, 4) is 22.3 Å². The molecule has 0 saturated carbocycles. The highest BCUT2D eigenvalue weighted by atomic mass is 16.3. The largest absolute Gasteiger partial charge is 0.455 e. The van der Waals surface area contributed by atoms with Crippen molar-refractivity contribution < 1.29 is 4.42 Å². The van der Waals surface area contributed by atoms with Crippen LogP contribution in [0.3, 0.4) is 0 Å². The van der Waals surface area contributed by atoms with Crippen molar-refractivity contribution in [3.63, 3.8) is 0 Å². The number of hydrogen-bond donors (Lipinski definition) is 2. The number of para-hydroxylation sites is 1. The van der Waals surface area contributed by atoms with Crippen molar-refractivity contribution in [1.82, 2.24) is 15.2 Å². The van der Waals surface area contributed by atoms with Crippen molar-refractivity contribution in [2.45, 2.75) is 12.3 Å². The molecule has 0 spiro atoms. The van der Waals surface area contributed by atoms with Gasteiger partial charge in [0, 0.05) is 27.4 Å². The highest BCUT2D eigenvalue weighted by Crippen LogP contribution is 2.44. The van der Waals surface area contributed by atoms with Gasteiger partial charge < -0.3 is 14.3 Å². The van der Waals surface area contributed by atoms with Gasteiger partial charge in [-0.15, -0.1) is 0 Å². The number of aromatic nitrogens is 1. The fourth-order valence-corrected chi connectivity index (χ4v) is 7.67. The van der Waals surface area contributed by atoms with Crippen LogP contribution in [0.2, 0.25) is 0 Å². The zero-order valence-corrected chi connectivity index (χ0v) is 26.1. The first-order chi connectivity index (χ1) is 23.8. The molecular weight excluding hydrogens is 587 g/mol. The van der Waals surface area contributed by atoms with Crippen LogP contribution in [0, 0.1) is 0 Å². The van der Waals surface area contributed by atoms with Crippen LogP contribution in [-0.4, -0.2) is 10.6 Å². The third-order valence-corrected chi connectivity index (χ3v) is 9.88. The topological polar surface area (TPSA) is 42.1 Å². The SMILES string of the molecule is C1=CC2=C(c3ccccc3)NC(n3c4cc(-c5ccccc5)ccc4c4c5oc6c(-c7ccccc7)cccc6c5ccc43)NC2C=C1. The molecule has 10 rings (SSSR count). The second-order valence-corrected chi connectivity index (χ2v) is 12.6. The van der Waals surface area contributed by atoms with Gasteiger partial charge in [0.1, 0.15) is 11.2 Å². The van der Waals surface area contributed by atoms with Crippen molar-refractivity contribution in [2.24, 2.45) is 0 Å². The van der Waals surface area contributed by atoms with Crippen molar-refractivity contribution >= 4 is 49.4 Å². The summed E-state index contributed by atoms with van der Waals surface area (Å²) in [4.78, 5) is 0. The van der Waals surface area contributed by atoms with Gasteiger partial charge in [-0.1, -0.05) is 146 Å². The van der Waals surface area contributed by atoms with Crippen LogP contribution in [0.25, 0.3) is 71.7 Å². The molecule has 0 fully saturated rings. The third-order valence-electron chi connectivity index (χ3n) is 9.88. The summed E-state index contributed by atoms with van der Waals surface area (Å²) < 4.78 is 9.39. The molecule has 1 aliphatic heterocycles. The van der Waals surface area contributed by atoms with Gasteiger partial charge in [-0.3, -0.25) is 5.32 Å². The Bertz CT molecular complexity index is 2610. The van der Waals surface area contributed by atoms with E-state index in [9.17, 15) is 0 Å². The van der Waals surface area contributed by atoms with Crippen LogP contribution >= 0.6 is 0 Å². The maximum absolute atomic E-state index is 6.97. The number of nitrogens with one attached hydrogen (secondary N) is 2. The standard InChI is InChI=1S/C44H31N3O/c1-4-13-28(14-5-1)31-23-24-36-39(27-31)47(44-45-37-22-11-10-19-35(37)41(46-44)30-17-8-3-9-18-30)38-26-25-34-33-21-12-20-32(29-15-6-2-7-16-29)42(33)48-43(34)40(36)38/h1-27,37,44-46H. The molecule has 4 nitrogen and oxygen atoms in total. The van der Waals surface area contributed by atoms with Gasteiger partial charge in [-0.25, -0.2) is 0 Å². The third kappa shape index (κ3) is 4.13. The summed E-state index contributed by atoms with van der Waals surface area (Å²) >= 11 is 0. The summed E-state index contributed by atoms with van der Waals surface area (Å²) in [5.74, 6) is 0. The number of benzene rings is 6. The Kier molecular flexibility index (Phi) is 6.05. The molecule has 2 aromatic heterocycles. The Balaban J connectivity index is 1.25. The maximum Gasteiger partial charge on any atom is 0.160 e. The van der Waals surface area contributed by atoms with Gasteiger partial charge in [0.05, 0.1) is 22.5 Å². The Morgan fingerprint density at radius 2 is 1.25 bits per heavy atom. The van der Waals surface area contributed by atoms with E-state index in [0.717, 1.165) is 60.6 Å². The summed E-state index contributed by atoms with van der Waals surface area (Å²) in [5.41, 5.74) is 12.2. The lowest BCUT2D eigenvalue weighted by molar-refractivity contribution is 0.363. The van der Waals surface area contributed by atoms with Gasteiger partial charge in [-0.05, 0) is 46.0 Å². The molecule has 0 radical (unpaired) electrons. The van der Waals surface area contributed by atoms with Gasteiger partial charge in [0.2, 0.25) is 0 Å². The van der Waals surface area contributed by atoms with Crippen LogP contribution in [0.1, 0.15) is 11.9 Å². The van der Waals surface area contributed by atoms with E-state index in [0.29, 0.717) is 0 Å². The first-order valence-corrected chi connectivity index (χ1v) is 16.5. The van der Waals surface area contributed by atoms with E-state index in [4.69, 9.17) is 4.42 Å². The molecule has 3 heterocycles. The molecule has 8 aromatic rings. The van der Waals surface area contributed by atoms with E-state index < -0.39 is 0 Å². The molecule has 2 N–H and O–H groups in total. The number of fused-ring (bicyclic) bond motifs is 8. The van der Waals surface area contributed by atoms with E-state index in [-0.39, 0.29) is 12.3 Å². The van der Waals surface area contributed by atoms with Gasteiger partial charge in [0.15, 0.2) is 6.29 Å². The molecule has 0 saturated heterocycles. The fraction of sp³-hybridized carbons (Fsp3) is 0.0455. The average Bonchev–Trinajstić information content (AvgIpc) is 3.71. The minimum Gasteiger partial charge on any atom is -0.455 e. The van der Waals surface area contributed by atoms with E-state index in [1.807, 2.05) is 0 Å². The van der Waals surface area contributed by atoms with Crippen molar-refractivity contribution in [1.29, 1.82) is 0 Å². The van der Waals surface area contributed by atoms with Crippen LogP contribution < -0.4 is 10.6 Å². The smallest absolute Gasteiger partial charge is 0.160 e. The summed E-state index contributed by atoms with van der Waals surface area (Å²) in [7, 11) is 0. The summed E-state index contributed by atoms with van der Waals surface area (Å²) in [6.07, 6.45) is 8.49. The first-order valence-electron chi connectivity index (χ1n) is 16.5. The number of furan rings is 1. The molecule has 2 aliphatic rings. The maximum atomic E-state index is 6.97. The molecule has 1 aliphatic carbocycles. The Hall–Kier alpha value is -6.10. The fourth-order valence-electron chi connectivity index (χ4n) is 7.67. The normalized spacial score (nSPS) is 17.4. The molecule has 48 heavy (non-hydrogen) atoms. The summed E-state index contributed by atoms with van der Waals surface area (Å²) in [5, 5.41) is 12.4. The Labute approximate surface area is 277 Å². The van der Waals surface area contributed by atoms with Crippen LogP contribution in [0.5, 0.6) is 0 Å². The van der Waals surface area contributed by atoms with Crippen molar-refractivity contribution in [3.05, 3.63) is 175 Å². The molecule has 2 atom stereocenters. The van der Waals surface area contributed by atoms with Crippen molar-refractivity contribution in [2.75, 3.05) is 0 Å². The molecule has 4 heteroatoms. The lowest BCUT2D eigenvalue weighted by atomic mass is 9.94. The highest BCUT2D eigenvalue weighted by Gasteiger charge is 2.31. The minimum atomic E-state index is -0.224. The van der Waals surface area contributed by atoms with Crippen LogP contribution in [0.15, 0.2) is 174 Å². The van der Waals surface area contributed by atoms with E-state index >= 15 is 0 Å². The summed E-state index contributed by atoms with van der Waals surface area (Å²) in [6.45, 7) is 0. The number of rotatable bonds is 4. The van der Waals surface area contributed by atoms with Gasteiger partial charge in [-0.2, -0.15) is 0 Å². The molecule has 0 bridgehead atoms. The number of allylic oxidation sites excluding steroid dienone is 2. The average molecular weight is 618 g/mol. The predicted molar refractivity (Wildman–Crippen MR) is 198 cm³/mol. The first kappa shape index (κ1) is 27.1. The molecule has 228 valence electrons. The lowest BCUT2D eigenvalue weighted by Crippen LogP contribution is -2.48. The summed E-state index contributed by atoms with van der Waals surface area (Å²) in [6, 6.07) is 49.7. The molecular formula is C44H31N3O. The van der Waals surface area contributed by atoms with Crippen LogP contribution in [0.4, 0.5) is 0 Å². The van der Waals surface area contributed by atoms with Crippen LogP contribution in [-0.2, 0) is 0 Å². The second-order valence-electron chi connectivity index (χ2n) is 12.6. The highest BCUT2D eigenvalue weighted by molar-refractivity contribution is 6.24. The quantitative estimate of drug-likeness (QED) is 0.206. The zero-order chi connectivity index (χ0) is 31.6. The van der Waals surface area contributed by atoms with E-state index in [2.05, 4.69) is 179 Å². The number of nitrogens with zero attached hydrogens (tertiary/aromatic N) is 1.